The number of hydrogen-bond acceptors (Lipinski definition) is 4. The van der Waals surface area contributed by atoms with Crippen LogP contribution in [-0.4, -0.2) is 39.9 Å². The SMILES string of the molecule is O=S(O)c1nccc2c(N3CCCNCC3)cccc12. The summed E-state index contributed by atoms with van der Waals surface area (Å²) in [6.07, 6.45) is 2.70. The molecule has 2 heterocycles. The molecule has 2 aromatic rings. The summed E-state index contributed by atoms with van der Waals surface area (Å²) in [4.78, 5) is 6.36. The van der Waals surface area contributed by atoms with Crippen LogP contribution in [0.2, 0.25) is 0 Å². The number of hydrogen-bond donors (Lipinski definition) is 2. The third-order valence-electron chi connectivity index (χ3n) is 3.59. The third-order valence-corrected chi connectivity index (χ3v) is 4.25. The highest BCUT2D eigenvalue weighted by Crippen LogP contribution is 2.29. The predicted molar refractivity (Wildman–Crippen MR) is 80.5 cm³/mol. The number of rotatable bonds is 2. The molecule has 0 amide bonds. The number of fused-ring (bicyclic) bond motifs is 1. The van der Waals surface area contributed by atoms with Crippen LogP contribution in [0.3, 0.4) is 0 Å². The molecule has 5 nitrogen and oxygen atoms in total. The van der Waals surface area contributed by atoms with Gasteiger partial charge in [-0.2, -0.15) is 0 Å². The van der Waals surface area contributed by atoms with Gasteiger partial charge in [0.15, 0.2) is 5.03 Å². The summed E-state index contributed by atoms with van der Waals surface area (Å²) in [6, 6.07) is 7.76. The van der Waals surface area contributed by atoms with E-state index >= 15 is 0 Å². The molecule has 1 aliphatic heterocycles. The molecular formula is C14H17N3O2S. The highest BCUT2D eigenvalue weighted by molar-refractivity contribution is 7.79. The van der Waals surface area contributed by atoms with E-state index in [1.165, 1.54) is 0 Å². The van der Waals surface area contributed by atoms with Gasteiger partial charge in [-0.05, 0) is 25.1 Å². The van der Waals surface area contributed by atoms with Crippen LogP contribution in [0.25, 0.3) is 10.8 Å². The van der Waals surface area contributed by atoms with Gasteiger partial charge in [0.25, 0.3) is 0 Å². The minimum absolute atomic E-state index is 0.234. The second kappa shape index (κ2) is 5.87. The van der Waals surface area contributed by atoms with Gasteiger partial charge in [-0.1, -0.05) is 12.1 Å². The van der Waals surface area contributed by atoms with Crippen molar-refractivity contribution in [2.24, 2.45) is 0 Å². The molecule has 20 heavy (non-hydrogen) atoms. The molecule has 6 heteroatoms. The first kappa shape index (κ1) is 13.5. The molecule has 106 valence electrons. The van der Waals surface area contributed by atoms with Crippen LogP contribution in [0, 0.1) is 0 Å². The minimum atomic E-state index is -2.06. The lowest BCUT2D eigenvalue weighted by Gasteiger charge is -2.24. The maximum atomic E-state index is 11.4. The first-order chi connectivity index (χ1) is 9.77. The Kier molecular flexibility index (Phi) is 3.95. The van der Waals surface area contributed by atoms with Crippen molar-refractivity contribution in [1.82, 2.24) is 10.3 Å². The summed E-state index contributed by atoms with van der Waals surface area (Å²) >= 11 is -2.06. The van der Waals surface area contributed by atoms with E-state index in [1.807, 2.05) is 18.2 Å². The van der Waals surface area contributed by atoms with Crippen molar-refractivity contribution < 1.29 is 8.76 Å². The number of pyridine rings is 1. The van der Waals surface area contributed by atoms with Crippen molar-refractivity contribution in [3.63, 3.8) is 0 Å². The summed E-state index contributed by atoms with van der Waals surface area (Å²) in [7, 11) is 0. The molecule has 1 unspecified atom stereocenters. The van der Waals surface area contributed by atoms with Crippen LogP contribution in [0.15, 0.2) is 35.5 Å². The monoisotopic (exact) mass is 291 g/mol. The highest BCUT2D eigenvalue weighted by atomic mass is 32.2. The molecule has 1 aromatic heterocycles. The zero-order chi connectivity index (χ0) is 13.9. The maximum absolute atomic E-state index is 11.4. The molecule has 0 saturated carbocycles. The molecule has 1 saturated heterocycles. The Hall–Kier alpha value is -1.50. The average molecular weight is 291 g/mol. The molecular weight excluding hydrogens is 274 g/mol. The molecule has 0 radical (unpaired) electrons. The number of aromatic nitrogens is 1. The van der Waals surface area contributed by atoms with E-state index in [0.717, 1.165) is 49.1 Å². The lowest BCUT2D eigenvalue weighted by Crippen LogP contribution is -2.27. The lowest BCUT2D eigenvalue weighted by atomic mass is 10.1. The van der Waals surface area contributed by atoms with Crippen molar-refractivity contribution in [1.29, 1.82) is 0 Å². The Bertz CT molecular complexity index is 639. The van der Waals surface area contributed by atoms with Crippen molar-refractivity contribution in [2.75, 3.05) is 31.1 Å². The van der Waals surface area contributed by atoms with E-state index in [9.17, 15) is 8.76 Å². The predicted octanol–water partition coefficient (Wildman–Crippen LogP) is 1.62. The summed E-state index contributed by atoms with van der Waals surface area (Å²) < 4.78 is 20.7. The Balaban J connectivity index is 2.11. The summed E-state index contributed by atoms with van der Waals surface area (Å²) in [5.41, 5.74) is 1.11. The van der Waals surface area contributed by atoms with E-state index in [4.69, 9.17) is 0 Å². The van der Waals surface area contributed by atoms with Crippen LogP contribution in [0.1, 0.15) is 6.42 Å². The number of anilines is 1. The van der Waals surface area contributed by atoms with Crippen LogP contribution in [-0.2, 0) is 11.1 Å². The van der Waals surface area contributed by atoms with Gasteiger partial charge in [0.1, 0.15) is 0 Å². The van der Waals surface area contributed by atoms with Gasteiger partial charge >= 0.3 is 0 Å². The molecule has 0 aliphatic carbocycles. The van der Waals surface area contributed by atoms with E-state index in [0.29, 0.717) is 0 Å². The van der Waals surface area contributed by atoms with Crippen LogP contribution < -0.4 is 10.2 Å². The van der Waals surface area contributed by atoms with Crippen molar-refractivity contribution >= 4 is 27.5 Å². The Morgan fingerprint density at radius 2 is 2.10 bits per heavy atom. The maximum Gasteiger partial charge on any atom is 0.206 e. The lowest BCUT2D eigenvalue weighted by molar-refractivity contribution is 0.562. The molecule has 1 atom stereocenters. The standard InChI is InChI=1S/C14H17N3O2S/c18-20(19)14-12-3-1-4-13(11(12)5-7-16-14)17-9-2-6-15-8-10-17/h1,3-5,7,15H,2,6,8-10H2,(H,18,19). The second-order valence-corrected chi connectivity index (χ2v) is 5.71. The summed E-state index contributed by atoms with van der Waals surface area (Å²) in [6.45, 7) is 3.93. The zero-order valence-electron chi connectivity index (χ0n) is 11.1. The fourth-order valence-electron chi connectivity index (χ4n) is 2.67. The third kappa shape index (κ3) is 2.54. The average Bonchev–Trinajstić information content (AvgIpc) is 2.74. The van der Waals surface area contributed by atoms with E-state index in [1.54, 1.807) is 6.20 Å². The number of benzene rings is 1. The van der Waals surface area contributed by atoms with Gasteiger partial charge in [-0.3, -0.25) is 0 Å². The van der Waals surface area contributed by atoms with Crippen LogP contribution >= 0.6 is 0 Å². The van der Waals surface area contributed by atoms with Crippen molar-refractivity contribution in [3.8, 4) is 0 Å². The van der Waals surface area contributed by atoms with E-state index < -0.39 is 11.1 Å². The van der Waals surface area contributed by atoms with Gasteiger partial charge in [0.2, 0.25) is 11.1 Å². The fourth-order valence-corrected chi connectivity index (χ4v) is 3.18. The Morgan fingerprint density at radius 1 is 1.20 bits per heavy atom. The van der Waals surface area contributed by atoms with Gasteiger partial charge in [0, 0.05) is 42.3 Å². The van der Waals surface area contributed by atoms with Crippen LogP contribution in [0.4, 0.5) is 5.69 Å². The van der Waals surface area contributed by atoms with Gasteiger partial charge in [-0.25, -0.2) is 9.19 Å². The minimum Gasteiger partial charge on any atom is -0.370 e. The molecule has 1 aliphatic rings. The van der Waals surface area contributed by atoms with Gasteiger partial charge in [-0.15, -0.1) is 0 Å². The molecule has 3 rings (SSSR count). The molecule has 0 spiro atoms. The molecule has 1 fully saturated rings. The van der Waals surface area contributed by atoms with E-state index in [2.05, 4.69) is 21.3 Å². The molecule has 0 bridgehead atoms. The second-order valence-electron chi connectivity index (χ2n) is 4.83. The van der Waals surface area contributed by atoms with Crippen molar-refractivity contribution in [3.05, 3.63) is 30.5 Å². The van der Waals surface area contributed by atoms with Crippen LogP contribution in [0.5, 0.6) is 0 Å². The first-order valence-electron chi connectivity index (χ1n) is 6.71. The van der Waals surface area contributed by atoms with Crippen molar-refractivity contribution in [2.45, 2.75) is 11.4 Å². The zero-order valence-corrected chi connectivity index (χ0v) is 11.9. The molecule has 2 N–H and O–H groups in total. The Labute approximate surface area is 120 Å². The highest BCUT2D eigenvalue weighted by Gasteiger charge is 2.15. The summed E-state index contributed by atoms with van der Waals surface area (Å²) in [5, 5.41) is 5.36. The number of nitrogens with zero attached hydrogens (tertiary/aromatic N) is 2. The van der Waals surface area contributed by atoms with Gasteiger partial charge in [0.05, 0.1) is 0 Å². The quantitative estimate of drug-likeness (QED) is 0.823. The fraction of sp³-hybridized carbons (Fsp3) is 0.357. The topological polar surface area (TPSA) is 65.5 Å². The first-order valence-corrected chi connectivity index (χ1v) is 7.82. The Morgan fingerprint density at radius 3 is 2.95 bits per heavy atom. The van der Waals surface area contributed by atoms with Gasteiger partial charge < -0.3 is 14.8 Å². The van der Waals surface area contributed by atoms with E-state index in [-0.39, 0.29) is 5.03 Å². The largest absolute Gasteiger partial charge is 0.370 e. The summed E-state index contributed by atoms with van der Waals surface area (Å²) in [5.74, 6) is 0. The number of nitrogens with one attached hydrogen (secondary N) is 1. The smallest absolute Gasteiger partial charge is 0.206 e. The normalized spacial score (nSPS) is 17.9. The molecule has 1 aromatic carbocycles.